The summed E-state index contributed by atoms with van der Waals surface area (Å²) in [6, 6.07) is 7.06. The van der Waals surface area contributed by atoms with E-state index < -0.39 is 16.1 Å². The fourth-order valence-electron chi connectivity index (χ4n) is 5.26. The summed E-state index contributed by atoms with van der Waals surface area (Å²) in [7, 11) is -4.25. The third-order valence-electron chi connectivity index (χ3n) is 7.03. The van der Waals surface area contributed by atoms with Crippen molar-refractivity contribution >= 4 is 50.7 Å². The average molecular weight is 558 g/mol. The number of benzene rings is 1. The van der Waals surface area contributed by atoms with Crippen molar-refractivity contribution in [2.45, 2.75) is 56.0 Å². The van der Waals surface area contributed by atoms with Gasteiger partial charge in [-0.25, -0.2) is 8.42 Å². The molecule has 1 aliphatic heterocycles. The van der Waals surface area contributed by atoms with Crippen molar-refractivity contribution < 1.29 is 13.2 Å². The third kappa shape index (κ3) is 5.98. The van der Waals surface area contributed by atoms with Crippen LogP contribution in [-0.4, -0.2) is 42.9 Å². The first kappa shape index (κ1) is 26.3. The van der Waals surface area contributed by atoms with Crippen LogP contribution >= 0.6 is 34.8 Å². The van der Waals surface area contributed by atoms with Crippen molar-refractivity contribution in [1.82, 2.24) is 14.2 Å². The lowest BCUT2D eigenvalue weighted by molar-refractivity contribution is -0.136. The summed E-state index contributed by atoms with van der Waals surface area (Å²) in [5.74, 6) is 0.811. The molecule has 1 amide bonds. The Kier molecular flexibility index (Phi) is 8.34. The lowest BCUT2D eigenvalue weighted by Crippen LogP contribution is -2.53. The van der Waals surface area contributed by atoms with Crippen molar-refractivity contribution in [3.63, 3.8) is 0 Å². The molecule has 1 aliphatic carbocycles. The highest BCUT2D eigenvalue weighted by molar-refractivity contribution is 7.89. The highest BCUT2D eigenvalue weighted by Crippen LogP contribution is 2.37. The van der Waals surface area contributed by atoms with Crippen molar-refractivity contribution in [2.75, 3.05) is 13.1 Å². The smallest absolute Gasteiger partial charge is 0.244 e. The molecule has 2 aliphatic rings. The number of amides is 1. The Hall–Kier alpha value is -1.76. The van der Waals surface area contributed by atoms with E-state index in [4.69, 9.17) is 34.8 Å². The van der Waals surface area contributed by atoms with E-state index in [1.165, 1.54) is 25.0 Å². The van der Waals surface area contributed by atoms with E-state index >= 15 is 0 Å². The van der Waals surface area contributed by atoms with Gasteiger partial charge in [-0.1, -0.05) is 54.1 Å². The molecule has 1 saturated carbocycles. The second-order valence-corrected chi connectivity index (χ2v) is 12.1. The zero-order chi connectivity index (χ0) is 25.2. The molecule has 2 heterocycles. The lowest BCUT2D eigenvalue weighted by atomic mass is 9.75. The van der Waals surface area contributed by atoms with E-state index in [9.17, 15) is 18.5 Å². The molecule has 3 unspecified atom stereocenters. The van der Waals surface area contributed by atoms with Gasteiger partial charge in [0, 0.05) is 30.9 Å². The summed E-state index contributed by atoms with van der Waals surface area (Å²) < 4.78 is 30.9. The number of nitrogens with zero attached hydrogens (tertiary/aromatic N) is 3. The molecule has 11 heteroatoms. The van der Waals surface area contributed by atoms with Gasteiger partial charge in [-0.05, 0) is 55.4 Å². The molecule has 4 rings (SSSR count). The van der Waals surface area contributed by atoms with Crippen molar-refractivity contribution in [3.8, 4) is 6.07 Å². The minimum Gasteiger partial charge on any atom is -0.341 e. The zero-order valence-corrected chi connectivity index (χ0v) is 22.2. The Labute approximate surface area is 221 Å². The number of aromatic nitrogens is 1. The predicted molar refractivity (Wildman–Crippen MR) is 136 cm³/mol. The normalized spacial score (nSPS) is 21.3. The number of fused-ring (bicyclic) bond motifs is 1. The molecule has 1 aromatic carbocycles. The summed E-state index contributed by atoms with van der Waals surface area (Å²) in [6.07, 6.45) is 7.51. The third-order valence-corrected chi connectivity index (χ3v) is 9.64. The van der Waals surface area contributed by atoms with E-state index in [2.05, 4.69) is 10.8 Å². The fraction of sp³-hybridized carbons (Fsp3) is 0.500. The quantitative estimate of drug-likeness (QED) is 0.513. The summed E-state index contributed by atoms with van der Waals surface area (Å²) in [5, 5.41) is 9.28. The number of rotatable bonds is 7. The monoisotopic (exact) mass is 556 g/mol. The van der Waals surface area contributed by atoms with Gasteiger partial charge in [0.05, 0.1) is 10.0 Å². The first-order chi connectivity index (χ1) is 16.7. The van der Waals surface area contributed by atoms with E-state index in [0.29, 0.717) is 30.6 Å². The van der Waals surface area contributed by atoms with E-state index in [1.54, 1.807) is 27.8 Å². The molecule has 0 spiro atoms. The highest BCUT2D eigenvalue weighted by Gasteiger charge is 2.37. The minimum absolute atomic E-state index is 0.124. The molecular formula is C24H27Cl3N4O3S. The number of hydrogen-bond donors (Lipinski definition) is 1. The maximum absolute atomic E-state index is 13.7. The second-order valence-electron chi connectivity index (χ2n) is 9.24. The van der Waals surface area contributed by atoms with Crippen molar-refractivity contribution in [3.05, 3.63) is 51.2 Å². The van der Waals surface area contributed by atoms with Crippen molar-refractivity contribution in [1.29, 1.82) is 5.26 Å². The maximum Gasteiger partial charge on any atom is 0.244 e. The van der Waals surface area contributed by atoms with Crippen LogP contribution in [0, 0.1) is 23.2 Å². The van der Waals surface area contributed by atoms with Gasteiger partial charge in [-0.3, -0.25) is 4.79 Å². The topological polar surface area (TPSA) is 95.2 Å². The number of piperidine rings is 1. The largest absolute Gasteiger partial charge is 0.341 e. The molecule has 1 N–H and O–H groups in total. The molecule has 2 aromatic rings. The zero-order valence-electron chi connectivity index (χ0n) is 19.1. The van der Waals surface area contributed by atoms with E-state index in [1.807, 2.05) is 0 Å². The van der Waals surface area contributed by atoms with Crippen LogP contribution in [0.4, 0.5) is 0 Å². The van der Waals surface area contributed by atoms with Crippen LogP contribution in [0.15, 0.2) is 35.4 Å². The molecule has 3 atom stereocenters. The average Bonchev–Trinajstić information content (AvgIpc) is 3.27. The van der Waals surface area contributed by atoms with Crippen LogP contribution in [0.25, 0.3) is 0 Å². The number of carbonyl (C=O) groups excluding carboxylic acids is 1. The van der Waals surface area contributed by atoms with Gasteiger partial charge in [0.15, 0.2) is 0 Å². The molecular weight excluding hydrogens is 531 g/mol. The summed E-state index contributed by atoms with van der Waals surface area (Å²) in [6.45, 7) is 1.53. The Morgan fingerprint density at radius 1 is 1.14 bits per heavy atom. The Morgan fingerprint density at radius 3 is 2.51 bits per heavy atom. The fourth-order valence-corrected chi connectivity index (χ4v) is 8.03. The molecule has 1 saturated heterocycles. The van der Waals surface area contributed by atoms with Gasteiger partial charge in [0.2, 0.25) is 15.9 Å². The Bertz CT molecular complexity index is 1220. The summed E-state index contributed by atoms with van der Waals surface area (Å²) in [5.41, 5.74) is 0.436. The molecule has 2 fully saturated rings. The number of nitrogens with one attached hydrogen (secondary N) is 1. The second kappa shape index (κ2) is 11.1. The molecule has 35 heavy (non-hydrogen) atoms. The van der Waals surface area contributed by atoms with Crippen LogP contribution in [0.1, 0.15) is 44.2 Å². The van der Waals surface area contributed by atoms with Gasteiger partial charge in [0.25, 0.3) is 0 Å². The SMILES string of the molecule is N#Cc1cccn1CCC(NS(=O)(=O)c1c(Cl)cc(Cl)cc1Cl)C(=O)N1CCC2CCCCC2C1. The highest BCUT2D eigenvalue weighted by atomic mass is 35.5. The predicted octanol–water partition coefficient (Wildman–Crippen LogP) is 5.10. The summed E-state index contributed by atoms with van der Waals surface area (Å²) >= 11 is 18.3. The molecule has 7 nitrogen and oxygen atoms in total. The van der Waals surface area contributed by atoms with Crippen molar-refractivity contribution in [2.24, 2.45) is 11.8 Å². The Morgan fingerprint density at radius 2 is 1.83 bits per heavy atom. The lowest BCUT2D eigenvalue weighted by Gasteiger charge is -2.42. The molecule has 0 radical (unpaired) electrons. The summed E-state index contributed by atoms with van der Waals surface area (Å²) in [4.78, 5) is 15.1. The van der Waals surface area contributed by atoms with Crippen LogP contribution < -0.4 is 4.72 Å². The number of likely N-dealkylation sites (tertiary alicyclic amines) is 1. The standard InChI is InChI=1S/C24H27Cl3N4O3S/c25-18-12-20(26)23(21(27)13-18)35(33,34)29-22(8-11-30-9-3-6-19(30)14-28)24(32)31-10-7-16-4-1-2-5-17(16)15-31/h3,6,9,12-13,16-17,22,29H,1-2,4-5,7-8,10-11,15H2. The Balaban J connectivity index is 1.58. The van der Waals surface area contributed by atoms with E-state index in [-0.39, 0.29) is 38.8 Å². The molecule has 188 valence electrons. The number of aryl methyl sites for hydroxylation is 1. The van der Waals surface area contributed by atoms with E-state index in [0.717, 1.165) is 19.3 Å². The molecule has 0 bridgehead atoms. The number of halogens is 3. The van der Waals surface area contributed by atoms with Gasteiger partial charge >= 0.3 is 0 Å². The van der Waals surface area contributed by atoms with Gasteiger partial charge in [-0.2, -0.15) is 9.98 Å². The van der Waals surface area contributed by atoms with Crippen LogP contribution in [-0.2, 0) is 21.4 Å². The van der Waals surface area contributed by atoms with Crippen LogP contribution in [0.2, 0.25) is 15.1 Å². The first-order valence-electron chi connectivity index (χ1n) is 11.7. The number of sulfonamides is 1. The number of carbonyl (C=O) groups is 1. The maximum atomic E-state index is 13.7. The van der Waals surface area contributed by atoms with Gasteiger partial charge < -0.3 is 9.47 Å². The first-order valence-corrected chi connectivity index (χ1v) is 14.3. The van der Waals surface area contributed by atoms with Gasteiger partial charge in [-0.15, -0.1) is 0 Å². The van der Waals surface area contributed by atoms with Crippen LogP contribution in [0.5, 0.6) is 0 Å². The number of hydrogen-bond acceptors (Lipinski definition) is 4. The number of nitriles is 1. The van der Waals surface area contributed by atoms with Crippen LogP contribution in [0.3, 0.4) is 0 Å². The molecule has 1 aromatic heterocycles. The van der Waals surface area contributed by atoms with Gasteiger partial charge in [0.1, 0.15) is 22.7 Å². The minimum atomic E-state index is -4.25.